The molecule has 7 heteroatoms. The van der Waals surface area contributed by atoms with E-state index in [1.165, 1.54) is 17.1 Å². The van der Waals surface area contributed by atoms with Crippen LogP contribution >= 0.6 is 23.3 Å². The second-order valence-electron chi connectivity index (χ2n) is 6.03. The summed E-state index contributed by atoms with van der Waals surface area (Å²) in [7, 11) is 0. The van der Waals surface area contributed by atoms with Gasteiger partial charge in [0.1, 0.15) is 0 Å². The summed E-state index contributed by atoms with van der Waals surface area (Å²) >= 11 is 3.39. The first-order valence-electron chi connectivity index (χ1n) is 7.56. The number of rotatable bonds is 4. The molecule has 0 spiro atoms. The van der Waals surface area contributed by atoms with Crippen molar-refractivity contribution >= 4 is 23.3 Å². The second-order valence-corrected chi connectivity index (χ2v) is 7.79. The van der Waals surface area contributed by atoms with Gasteiger partial charge in [0, 0.05) is 55.4 Å². The van der Waals surface area contributed by atoms with Crippen LogP contribution in [0.15, 0.2) is 22.4 Å². The summed E-state index contributed by atoms with van der Waals surface area (Å²) in [5.41, 5.74) is 3.60. The molecule has 0 saturated carbocycles. The molecule has 4 heterocycles. The van der Waals surface area contributed by atoms with Gasteiger partial charge in [-0.25, -0.2) is 9.06 Å². The number of aryl methyl sites for hydroxylation is 1. The lowest BCUT2D eigenvalue weighted by molar-refractivity contribution is 0.0765. The van der Waals surface area contributed by atoms with Crippen LogP contribution in [-0.4, -0.2) is 37.9 Å². The molecule has 0 aliphatic carbocycles. The zero-order valence-corrected chi connectivity index (χ0v) is 13.9. The molecule has 1 fully saturated rings. The molecule has 22 heavy (non-hydrogen) atoms. The van der Waals surface area contributed by atoms with Crippen molar-refractivity contribution in [3.05, 3.63) is 44.8 Å². The van der Waals surface area contributed by atoms with E-state index in [4.69, 9.17) is 0 Å². The maximum atomic E-state index is 12.2. The highest BCUT2D eigenvalue weighted by Crippen LogP contribution is 2.23. The molecule has 0 atom stereocenters. The van der Waals surface area contributed by atoms with E-state index in [0.717, 1.165) is 55.4 Å². The van der Waals surface area contributed by atoms with Crippen LogP contribution in [0.4, 0.5) is 0 Å². The van der Waals surface area contributed by atoms with Crippen molar-refractivity contribution in [2.24, 2.45) is 5.92 Å². The van der Waals surface area contributed by atoms with Crippen molar-refractivity contribution in [1.82, 2.24) is 19.1 Å². The summed E-state index contributed by atoms with van der Waals surface area (Å²) < 4.78 is 5.81. The maximum Gasteiger partial charge on any atom is 0.267 e. The zero-order chi connectivity index (χ0) is 14.9. The average molecular weight is 334 g/mol. The highest BCUT2D eigenvalue weighted by atomic mass is 32.2. The lowest BCUT2D eigenvalue weighted by atomic mass is 10.00. The topological polar surface area (TPSA) is 51.0 Å². The summed E-state index contributed by atoms with van der Waals surface area (Å²) in [6.07, 6.45) is 2.92. The predicted molar refractivity (Wildman–Crippen MR) is 89.2 cm³/mol. The van der Waals surface area contributed by atoms with Gasteiger partial charge in [0.15, 0.2) is 0 Å². The molecule has 4 rings (SSSR count). The Kier molecular flexibility index (Phi) is 4.02. The SMILES string of the molecule is O=c1cc2c(nn1CC1CN(Cc3cnsc3)C1)CCSC2. The fraction of sp³-hybridized carbons (Fsp3) is 0.533. The lowest BCUT2D eigenvalue weighted by Crippen LogP contribution is -2.49. The van der Waals surface area contributed by atoms with Crippen molar-refractivity contribution in [3.8, 4) is 0 Å². The van der Waals surface area contributed by atoms with Gasteiger partial charge < -0.3 is 0 Å². The molecular formula is C15H18N4OS2. The van der Waals surface area contributed by atoms with Crippen molar-refractivity contribution in [3.63, 3.8) is 0 Å². The first-order valence-corrected chi connectivity index (χ1v) is 9.55. The van der Waals surface area contributed by atoms with Crippen LogP contribution in [-0.2, 0) is 25.3 Å². The molecule has 0 amide bonds. The predicted octanol–water partition coefficient (Wildman–Crippen LogP) is 1.62. The molecule has 1 saturated heterocycles. The van der Waals surface area contributed by atoms with Gasteiger partial charge in [-0.2, -0.15) is 16.9 Å². The van der Waals surface area contributed by atoms with Crippen LogP contribution in [0, 0.1) is 5.92 Å². The van der Waals surface area contributed by atoms with E-state index in [9.17, 15) is 4.79 Å². The quantitative estimate of drug-likeness (QED) is 0.850. The van der Waals surface area contributed by atoms with Crippen molar-refractivity contribution in [1.29, 1.82) is 0 Å². The molecule has 0 radical (unpaired) electrons. The number of fused-ring (bicyclic) bond motifs is 1. The summed E-state index contributed by atoms with van der Waals surface area (Å²) in [6, 6.07) is 1.79. The van der Waals surface area contributed by atoms with Gasteiger partial charge in [-0.05, 0) is 28.4 Å². The Labute approximate surface area is 137 Å². The number of likely N-dealkylation sites (tertiary alicyclic amines) is 1. The van der Waals surface area contributed by atoms with Gasteiger partial charge in [0.2, 0.25) is 0 Å². The number of nitrogens with zero attached hydrogens (tertiary/aromatic N) is 4. The first-order chi connectivity index (χ1) is 10.8. The Hall–Kier alpha value is -1.18. The van der Waals surface area contributed by atoms with Gasteiger partial charge in [-0.3, -0.25) is 9.69 Å². The van der Waals surface area contributed by atoms with E-state index in [1.807, 2.05) is 18.0 Å². The Morgan fingerprint density at radius 3 is 3.09 bits per heavy atom. The minimum atomic E-state index is 0.0572. The van der Waals surface area contributed by atoms with Crippen LogP contribution < -0.4 is 5.56 Å². The minimum Gasteiger partial charge on any atom is -0.298 e. The van der Waals surface area contributed by atoms with Crippen molar-refractivity contribution in [2.75, 3.05) is 18.8 Å². The highest BCUT2D eigenvalue weighted by molar-refractivity contribution is 7.98. The lowest BCUT2D eigenvalue weighted by Gasteiger charge is -2.39. The van der Waals surface area contributed by atoms with Gasteiger partial charge >= 0.3 is 0 Å². The first kappa shape index (κ1) is 14.4. The second kappa shape index (κ2) is 6.14. The van der Waals surface area contributed by atoms with Gasteiger partial charge in [0.05, 0.1) is 12.2 Å². The normalized spacial score (nSPS) is 18.9. The Morgan fingerprint density at radius 1 is 1.36 bits per heavy atom. The van der Waals surface area contributed by atoms with Crippen LogP contribution in [0.1, 0.15) is 16.8 Å². The maximum absolute atomic E-state index is 12.2. The van der Waals surface area contributed by atoms with Gasteiger partial charge in [0.25, 0.3) is 5.56 Å². The van der Waals surface area contributed by atoms with E-state index in [1.54, 1.807) is 10.7 Å². The number of thioether (sulfide) groups is 1. The smallest absolute Gasteiger partial charge is 0.267 e. The van der Waals surface area contributed by atoms with E-state index in [2.05, 4.69) is 19.8 Å². The van der Waals surface area contributed by atoms with Crippen molar-refractivity contribution in [2.45, 2.75) is 25.3 Å². The van der Waals surface area contributed by atoms with Crippen LogP contribution in [0.5, 0.6) is 0 Å². The third kappa shape index (κ3) is 2.98. The minimum absolute atomic E-state index is 0.0572. The Bertz CT molecular complexity index is 707. The molecule has 0 bridgehead atoms. The van der Waals surface area contributed by atoms with Crippen LogP contribution in [0.3, 0.4) is 0 Å². The third-order valence-electron chi connectivity index (χ3n) is 4.26. The molecule has 2 aromatic heterocycles. The standard InChI is InChI=1S/C15H18N4OS2/c20-15-3-13-10-21-2-1-14(13)17-19(15)8-12-6-18(7-12)5-11-4-16-22-9-11/h3-4,9,12H,1-2,5-8,10H2. The van der Waals surface area contributed by atoms with Gasteiger partial charge in [-0.1, -0.05) is 0 Å². The van der Waals surface area contributed by atoms with E-state index in [-0.39, 0.29) is 5.56 Å². The summed E-state index contributed by atoms with van der Waals surface area (Å²) in [4.78, 5) is 14.6. The molecule has 2 aromatic rings. The van der Waals surface area contributed by atoms with Crippen molar-refractivity contribution < 1.29 is 0 Å². The van der Waals surface area contributed by atoms with Gasteiger partial charge in [-0.15, -0.1) is 0 Å². The Balaban J connectivity index is 1.37. The summed E-state index contributed by atoms with van der Waals surface area (Å²) in [5, 5.41) is 6.70. The van der Waals surface area contributed by atoms with E-state index >= 15 is 0 Å². The summed E-state index contributed by atoms with van der Waals surface area (Å²) in [5.74, 6) is 2.58. The molecule has 0 aromatic carbocycles. The van der Waals surface area contributed by atoms with Crippen LogP contribution in [0.2, 0.25) is 0 Å². The van der Waals surface area contributed by atoms with E-state index in [0.29, 0.717) is 5.92 Å². The third-order valence-corrected chi connectivity index (χ3v) is 5.90. The van der Waals surface area contributed by atoms with Crippen LogP contribution in [0.25, 0.3) is 0 Å². The molecule has 2 aliphatic rings. The molecule has 2 aliphatic heterocycles. The largest absolute Gasteiger partial charge is 0.298 e. The number of hydrogen-bond donors (Lipinski definition) is 0. The monoisotopic (exact) mass is 334 g/mol. The molecule has 0 N–H and O–H groups in total. The zero-order valence-electron chi connectivity index (χ0n) is 12.3. The highest BCUT2D eigenvalue weighted by Gasteiger charge is 2.28. The average Bonchev–Trinajstić information content (AvgIpc) is 2.98. The Morgan fingerprint density at radius 2 is 2.27 bits per heavy atom. The number of hydrogen-bond acceptors (Lipinski definition) is 6. The summed E-state index contributed by atoms with van der Waals surface area (Å²) in [6.45, 7) is 3.79. The fourth-order valence-corrected chi connectivity index (χ4v) is 4.59. The molecule has 116 valence electrons. The fourth-order valence-electron chi connectivity index (χ4n) is 3.11. The van der Waals surface area contributed by atoms with E-state index < -0.39 is 0 Å². The molecule has 0 unspecified atom stereocenters. The number of aromatic nitrogens is 3. The molecule has 5 nitrogen and oxygen atoms in total. The molecular weight excluding hydrogens is 316 g/mol.